The highest BCUT2D eigenvalue weighted by molar-refractivity contribution is 5.87. The first kappa shape index (κ1) is 33.7. The molecule has 1 heterocycles. The third-order valence-corrected chi connectivity index (χ3v) is 8.03. The summed E-state index contributed by atoms with van der Waals surface area (Å²) in [5.41, 5.74) is 3.85. The highest BCUT2D eigenvalue weighted by Gasteiger charge is 2.33. The average molecular weight is 619 g/mol. The lowest BCUT2D eigenvalue weighted by molar-refractivity contribution is -0.131. The largest absolute Gasteiger partial charge is 0.449 e. The number of fused-ring (bicyclic) bond motifs is 3. The Labute approximate surface area is 265 Å². The molecule has 4 unspecified atom stereocenters. The van der Waals surface area contributed by atoms with Gasteiger partial charge in [-0.25, -0.2) is 4.79 Å². The van der Waals surface area contributed by atoms with Gasteiger partial charge in [0.1, 0.15) is 12.6 Å². The van der Waals surface area contributed by atoms with Gasteiger partial charge in [-0.15, -0.1) is 0 Å². The first-order valence-electron chi connectivity index (χ1n) is 15.7. The summed E-state index contributed by atoms with van der Waals surface area (Å²) in [7, 11) is 0. The van der Waals surface area contributed by atoms with Crippen molar-refractivity contribution in [1.29, 1.82) is 0 Å². The standard InChI is InChI=1S/C35H46N4O6/c1-6-11-24(20-23-16-18-36-32(23)41)38-30(40)17-19-37-33(42)31(22(2)45-35(3,4)5)39-34(43)44-21-29-27-14-9-7-12-25(27)26-13-8-10-15-28(26)29/h6-15,22-24,29,31H,16-21H2,1-5H3,(H,36,41)(H,37,42)(H,38,40)(H,39,43)/b11-6+. The van der Waals surface area contributed by atoms with E-state index in [4.69, 9.17) is 9.47 Å². The Kier molecular flexibility index (Phi) is 11.4. The van der Waals surface area contributed by atoms with Gasteiger partial charge in [-0.3, -0.25) is 14.4 Å². The van der Waals surface area contributed by atoms with Crippen LogP contribution in [-0.4, -0.2) is 67.3 Å². The molecule has 4 amide bonds. The van der Waals surface area contributed by atoms with Gasteiger partial charge >= 0.3 is 6.09 Å². The minimum Gasteiger partial charge on any atom is -0.449 e. The third kappa shape index (κ3) is 9.17. The van der Waals surface area contributed by atoms with Crippen molar-refractivity contribution < 1.29 is 28.7 Å². The van der Waals surface area contributed by atoms with Gasteiger partial charge in [0, 0.05) is 37.4 Å². The van der Waals surface area contributed by atoms with Gasteiger partial charge in [0.05, 0.1) is 11.7 Å². The molecule has 10 nitrogen and oxygen atoms in total. The van der Waals surface area contributed by atoms with Crippen LogP contribution in [0.4, 0.5) is 4.79 Å². The fraction of sp³-hybridized carbons (Fsp3) is 0.486. The van der Waals surface area contributed by atoms with Gasteiger partial charge in [-0.05, 0) is 69.7 Å². The van der Waals surface area contributed by atoms with Gasteiger partial charge in [-0.1, -0.05) is 60.7 Å². The SMILES string of the molecule is C/C=C/C(CC1CCNC1=O)NC(=O)CCNC(=O)C(NC(=O)OCC1c2ccccc2-c2ccccc21)C(C)OC(C)(C)C. The van der Waals surface area contributed by atoms with E-state index < -0.39 is 29.7 Å². The third-order valence-electron chi connectivity index (χ3n) is 8.03. The Morgan fingerprint density at radius 2 is 1.67 bits per heavy atom. The maximum absolute atomic E-state index is 13.3. The lowest BCUT2D eigenvalue weighted by atomic mass is 9.98. The van der Waals surface area contributed by atoms with Crippen molar-refractivity contribution in [2.75, 3.05) is 19.7 Å². The number of carbonyl (C=O) groups excluding carboxylic acids is 4. The van der Waals surface area contributed by atoms with Gasteiger partial charge in [0.15, 0.2) is 0 Å². The molecule has 10 heteroatoms. The Hall–Kier alpha value is -4.18. The molecule has 4 rings (SSSR count). The molecule has 0 spiro atoms. The number of nitrogens with one attached hydrogen (secondary N) is 4. The van der Waals surface area contributed by atoms with E-state index in [0.717, 1.165) is 28.7 Å². The lowest BCUT2D eigenvalue weighted by Gasteiger charge is -2.30. The molecule has 242 valence electrons. The van der Waals surface area contributed by atoms with Crippen LogP contribution in [0.5, 0.6) is 0 Å². The van der Waals surface area contributed by atoms with E-state index in [-0.39, 0.29) is 49.3 Å². The molecule has 1 fully saturated rings. The van der Waals surface area contributed by atoms with E-state index in [1.807, 2.05) is 76.2 Å². The zero-order valence-electron chi connectivity index (χ0n) is 26.9. The molecule has 4 atom stereocenters. The lowest BCUT2D eigenvalue weighted by Crippen LogP contribution is -2.55. The predicted octanol–water partition coefficient (Wildman–Crippen LogP) is 4.19. The van der Waals surface area contributed by atoms with Crippen molar-refractivity contribution in [3.63, 3.8) is 0 Å². The molecular weight excluding hydrogens is 572 g/mol. The summed E-state index contributed by atoms with van der Waals surface area (Å²) in [6.45, 7) is 9.99. The van der Waals surface area contributed by atoms with Crippen LogP contribution in [-0.2, 0) is 23.9 Å². The number of allylic oxidation sites excluding steroid dienone is 1. The first-order valence-corrected chi connectivity index (χ1v) is 15.7. The predicted molar refractivity (Wildman–Crippen MR) is 172 cm³/mol. The Balaban J connectivity index is 1.33. The minimum absolute atomic E-state index is 0.00699. The van der Waals surface area contributed by atoms with Gasteiger partial charge in [-0.2, -0.15) is 0 Å². The van der Waals surface area contributed by atoms with E-state index >= 15 is 0 Å². The molecule has 0 radical (unpaired) electrons. The normalized spacial score (nSPS) is 18.0. The molecule has 0 saturated carbocycles. The smallest absolute Gasteiger partial charge is 0.407 e. The average Bonchev–Trinajstić information content (AvgIpc) is 3.53. The molecule has 0 bridgehead atoms. The topological polar surface area (TPSA) is 135 Å². The van der Waals surface area contributed by atoms with Gasteiger partial charge < -0.3 is 30.7 Å². The maximum Gasteiger partial charge on any atom is 0.407 e. The van der Waals surface area contributed by atoms with E-state index in [9.17, 15) is 19.2 Å². The fourth-order valence-electron chi connectivity index (χ4n) is 6.07. The molecule has 4 N–H and O–H groups in total. The number of rotatable bonds is 13. The van der Waals surface area contributed by atoms with Crippen LogP contribution in [0.3, 0.4) is 0 Å². The van der Waals surface area contributed by atoms with Crippen molar-refractivity contribution >= 4 is 23.8 Å². The summed E-state index contributed by atoms with van der Waals surface area (Å²) >= 11 is 0. The van der Waals surface area contributed by atoms with Crippen LogP contribution in [0.25, 0.3) is 11.1 Å². The van der Waals surface area contributed by atoms with Crippen molar-refractivity contribution in [3.05, 3.63) is 71.8 Å². The Bertz CT molecular complexity index is 1360. The van der Waals surface area contributed by atoms with Crippen LogP contribution in [0.2, 0.25) is 0 Å². The molecule has 2 aliphatic rings. The van der Waals surface area contributed by atoms with Crippen molar-refractivity contribution in [2.45, 2.75) is 83.6 Å². The Morgan fingerprint density at radius 1 is 1.02 bits per heavy atom. The molecule has 45 heavy (non-hydrogen) atoms. The molecule has 0 aromatic heterocycles. The zero-order valence-corrected chi connectivity index (χ0v) is 26.9. The van der Waals surface area contributed by atoms with Crippen LogP contribution >= 0.6 is 0 Å². The van der Waals surface area contributed by atoms with Crippen LogP contribution in [0, 0.1) is 5.92 Å². The van der Waals surface area contributed by atoms with E-state index in [2.05, 4.69) is 33.4 Å². The number of ether oxygens (including phenoxy) is 2. The number of hydrogen-bond donors (Lipinski definition) is 4. The van der Waals surface area contributed by atoms with Crippen molar-refractivity contribution in [1.82, 2.24) is 21.3 Å². The van der Waals surface area contributed by atoms with E-state index in [0.29, 0.717) is 13.0 Å². The first-order chi connectivity index (χ1) is 21.5. The summed E-state index contributed by atoms with van der Waals surface area (Å²) in [6, 6.07) is 14.8. The molecule has 1 aliphatic heterocycles. The van der Waals surface area contributed by atoms with Crippen molar-refractivity contribution in [3.8, 4) is 11.1 Å². The second-order valence-corrected chi connectivity index (χ2v) is 12.6. The molecule has 1 aliphatic carbocycles. The van der Waals surface area contributed by atoms with Crippen LogP contribution in [0.15, 0.2) is 60.7 Å². The number of amides is 4. The number of carbonyl (C=O) groups is 4. The number of benzene rings is 2. The monoisotopic (exact) mass is 618 g/mol. The summed E-state index contributed by atoms with van der Waals surface area (Å²) in [6.07, 6.45) is 3.58. The molecule has 2 aromatic rings. The highest BCUT2D eigenvalue weighted by atomic mass is 16.6. The highest BCUT2D eigenvalue weighted by Crippen LogP contribution is 2.44. The molecule has 2 aromatic carbocycles. The summed E-state index contributed by atoms with van der Waals surface area (Å²) in [5, 5.41) is 11.2. The van der Waals surface area contributed by atoms with E-state index in [1.165, 1.54) is 0 Å². The second kappa shape index (κ2) is 15.2. The van der Waals surface area contributed by atoms with Crippen molar-refractivity contribution in [2.24, 2.45) is 5.92 Å². The summed E-state index contributed by atoms with van der Waals surface area (Å²) in [4.78, 5) is 51.1. The van der Waals surface area contributed by atoms with Crippen LogP contribution in [0.1, 0.15) is 70.9 Å². The molecular formula is C35H46N4O6. The Morgan fingerprint density at radius 3 is 2.24 bits per heavy atom. The molecule has 1 saturated heterocycles. The van der Waals surface area contributed by atoms with Gasteiger partial charge in [0.25, 0.3) is 0 Å². The quantitative estimate of drug-likeness (QED) is 0.249. The second-order valence-electron chi connectivity index (χ2n) is 12.6. The number of hydrogen-bond acceptors (Lipinski definition) is 6. The minimum atomic E-state index is -1.06. The van der Waals surface area contributed by atoms with Gasteiger partial charge in [0.2, 0.25) is 17.7 Å². The zero-order chi connectivity index (χ0) is 32.6. The summed E-state index contributed by atoms with van der Waals surface area (Å²) in [5.74, 6) is -0.989. The summed E-state index contributed by atoms with van der Waals surface area (Å²) < 4.78 is 11.7. The van der Waals surface area contributed by atoms with E-state index in [1.54, 1.807) is 6.92 Å². The number of alkyl carbamates (subject to hydrolysis) is 1. The van der Waals surface area contributed by atoms with Crippen LogP contribution < -0.4 is 21.3 Å². The maximum atomic E-state index is 13.3. The fourth-order valence-corrected chi connectivity index (χ4v) is 6.07.